The molecule has 2 heterocycles. The van der Waals surface area contributed by atoms with E-state index in [4.69, 9.17) is 16.0 Å². The number of rotatable bonds is 4. The van der Waals surface area contributed by atoms with E-state index in [1.165, 1.54) is 11.6 Å². The van der Waals surface area contributed by atoms with Gasteiger partial charge >= 0.3 is 0 Å². The molecule has 2 aromatic carbocycles. The zero-order chi connectivity index (χ0) is 20.7. The Hall–Kier alpha value is -2.66. The number of hydrogen-bond donors (Lipinski definition) is 1. The summed E-state index contributed by atoms with van der Waals surface area (Å²) in [6.07, 6.45) is 6.20. The van der Waals surface area contributed by atoms with E-state index in [0.29, 0.717) is 22.9 Å². The number of oxazole rings is 1. The normalized spacial score (nSPS) is 20.5. The van der Waals surface area contributed by atoms with Crippen molar-refractivity contribution in [2.24, 2.45) is 5.92 Å². The maximum absolute atomic E-state index is 13.8. The van der Waals surface area contributed by atoms with Crippen molar-refractivity contribution in [2.75, 3.05) is 5.32 Å². The van der Waals surface area contributed by atoms with Crippen molar-refractivity contribution in [1.29, 1.82) is 0 Å². The van der Waals surface area contributed by atoms with Crippen LogP contribution in [0.4, 0.5) is 10.4 Å². The number of benzene rings is 2. The van der Waals surface area contributed by atoms with Crippen LogP contribution >= 0.6 is 11.6 Å². The second-order valence-corrected chi connectivity index (χ2v) is 8.67. The van der Waals surface area contributed by atoms with E-state index in [9.17, 15) is 4.39 Å². The van der Waals surface area contributed by atoms with Crippen molar-refractivity contribution in [3.63, 3.8) is 0 Å². The van der Waals surface area contributed by atoms with Gasteiger partial charge in [0.15, 0.2) is 5.58 Å². The summed E-state index contributed by atoms with van der Waals surface area (Å²) in [5.74, 6) is 0.764. The van der Waals surface area contributed by atoms with E-state index >= 15 is 0 Å². The van der Waals surface area contributed by atoms with Gasteiger partial charge in [-0.1, -0.05) is 11.6 Å². The van der Waals surface area contributed by atoms with Gasteiger partial charge in [-0.15, -0.1) is 0 Å². The molecule has 4 nitrogen and oxygen atoms in total. The highest BCUT2D eigenvalue weighted by molar-refractivity contribution is 6.31. The third kappa shape index (κ3) is 3.74. The van der Waals surface area contributed by atoms with Crippen LogP contribution in [0.25, 0.3) is 22.0 Å². The van der Waals surface area contributed by atoms with Crippen molar-refractivity contribution in [1.82, 2.24) is 9.97 Å². The lowest BCUT2D eigenvalue weighted by molar-refractivity contribution is 0.299. The Morgan fingerprint density at radius 3 is 2.73 bits per heavy atom. The smallest absolute Gasteiger partial charge is 0.295 e. The minimum absolute atomic E-state index is 0.206. The summed E-state index contributed by atoms with van der Waals surface area (Å²) in [4.78, 5) is 8.90. The third-order valence-electron chi connectivity index (χ3n) is 6.36. The highest BCUT2D eigenvalue weighted by Gasteiger charge is 2.28. The van der Waals surface area contributed by atoms with Gasteiger partial charge in [0.05, 0.1) is 5.52 Å². The molecule has 154 valence electrons. The molecule has 30 heavy (non-hydrogen) atoms. The molecular weight excluding hydrogens is 401 g/mol. The van der Waals surface area contributed by atoms with Crippen LogP contribution in [0.2, 0.25) is 5.02 Å². The number of nitrogens with one attached hydrogen (secondary N) is 1. The van der Waals surface area contributed by atoms with Gasteiger partial charge in [-0.05, 0) is 92.5 Å². The highest BCUT2D eigenvalue weighted by atomic mass is 35.5. The third-order valence-corrected chi connectivity index (χ3v) is 6.59. The van der Waals surface area contributed by atoms with Gasteiger partial charge < -0.3 is 9.73 Å². The Bertz CT molecular complexity index is 1200. The van der Waals surface area contributed by atoms with Crippen LogP contribution in [0.3, 0.4) is 0 Å². The van der Waals surface area contributed by atoms with Crippen LogP contribution in [0.1, 0.15) is 44.1 Å². The first-order chi connectivity index (χ1) is 14.6. The maximum Gasteiger partial charge on any atom is 0.295 e. The first-order valence-corrected chi connectivity index (χ1v) is 10.8. The summed E-state index contributed by atoms with van der Waals surface area (Å²) in [5, 5.41) is 5.02. The second-order valence-electron chi connectivity index (χ2n) is 8.24. The molecule has 0 unspecified atom stereocenters. The molecule has 0 saturated heterocycles. The number of hydrogen-bond acceptors (Lipinski definition) is 4. The lowest BCUT2D eigenvalue weighted by atomic mass is 9.75. The van der Waals surface area contributed by atoms with E-state index in [1.54, 1.807) is 18.2 Å². The fourth-order valence-electron chi connectivity index (χ4n) is 4.70. The molecule has 5 rings (SSSR count). The Balaban J connectivity index is 1.27. The minimum atomic E-state index is -0.206. The summed E-state index contributed by atoms with van der Waals surface area (Å²) >= 11 is 6.04. The molecule has 1 atom stereocenters. The Kier molecular flexibility index (Phi) is 5.07. The van der Waals surface area contributed by atoms with Crippen molar-refractivity contribution in [3.05, 3.63) is 65.1 Å². The fraction of sp³-hybridized carbons (Fsp3) is 0.333. The summed E-state index contributed by atoms with van der Waals surface area (Å²) < 4.78 is 19.6. The van der Waals surface area contributed by atoms with Crippen LogP contribution in [-0.2, 0) is 0 Å². The number of nitrogens with zero attached hydrogens (tertiary/aromatic N) is 2. The predicted octanol–water partition coefficient (Wildman–Crippen LogP) is 6.94. The quantitative estimate of drug-likeness (QED) is 0.386. The largest absolute Gasteiger partial charge is 0.424 e. The van der Waals surface area contributed by atoms with Gasteiger partial charge in [0.25, 0.3) is 6.01 Å². The van der Waals surface area contributed by atoms with E-state index in [1.807, 2.05) is 18.3 Å². The van der Waals surface area contributed by atoms with Gasteiger partial charge in [0.1, 0.15) is 11.3 Å². The van der Waals surface area contributed by atoms with E-state index < -0.39 is 0 Å². The monoisotopic (exact) mass is 423 g/mol. The topological polar surface area (TPSA) is 51.0 Å². The molecule has 1 N–H and O–H groups in total. The van der Waals surface area contributed by atoms with Crippen molar-refractivity contribution in [2.45, 2.75) is 44.6 Å². The SMILES string of the molecule is C[C@@H](Nc1nc2cc(Cl)ccc2o1)C1CCC(c2ccnc3ccc(F)cc23)CC1. The Labute approximate surface area is 179 Å². The molecule has 0 spiro atoms. The van der Waals surface area contributed by atoms with Gasteiger partial charge in [-0.3, -0.25) is 4.98 Å². The average molecular weight is 424 g/mol. The summed E-state index contributed by atoms with van der Waals surface area (Å²) in [7, 11) is 0. The van der Waals surface area contributed by atoms with E-state index in [0.717, 1.165) is 47.7 Å². The standard InChI is InChI=1S/C24H23ClFN3O/c1-14(28-24-29-22-12-17(25)6-9-23(22)30-24)15-2-4-16(5-3-15)19-10-11-27-21-8-7-18(26)13-20(19)21/h6-16H,2-5H2,1H3,(H,28,29)/t14-,15?,16?/m1/s1. The van der Waals surface area contributed by atoms with Crippen LogP contribution in [0, 0.1) is 11.7 Å². The maximum atomic E-state index is 13.8. The predicted molar refractivity (Wildman–Crippen MR) is 119 cm³/mol. The molecule has 0 aliphatic heterocycles. The lowest BCUT2D eigenvalue weighted by Gasteiger charge is -2.33. The second kappa shape index (κ2) is 7.88. The zero-order valence-electron chi connectivity index (χ0n) is 16.7. The van der Waals surface area contributed by atoms with Crippen molar-refractivity contribution >= 4 is 39.6 Å². The molecule has 0 radical (unpaired) electrons. The first kappa shape index (κ1) is 19.3. The van der Waals surface area contributed by atoms with Crippen LogP contribution < -0.4 is 5.32 Å². The average Bonchev–Trinajstić information content (AvgIpc) is 3.14. The van der Waals surface area contributed by atoms with Gasteiger partial charge in [-0.25, -0.2) is 4.39 Å². The Morgan fingerprint density at radius 2 is 1.90 bits per heavy atom. The molecule has 1 aliphatic rings. The molecule has 1 saturated carbocycles. The van der Waals surface area contributed by atoms with Gasteiger partial charge in [0.2, 0.25) is 0 Å². The van der Waals surface area contributed by atoms with Crippen LogP contribution in [0.15, 0.2) is 53.1 Å². The van der Waals surface area contributed by atoms with Gasteiger partial charge in [-0.2, -0.15) is 4.98 Å². The number of fused-ring (bicyclic) bond motifs is 2. The summed E-state index contributed by atoms with van der Waals surface area (Å²) in [6.45, 7) is 2.18. The molecule has 1 fully saturated rings. The molecule has 4 aromatic rings. The molecule has 0 amide bonds. The van der Waals surface area contributed by atoms with E-state index in [2.05, 4.69) is 28.3 Å². The van der Waals surface area contributed by atoms with Crippen LogP contribution in [-0.4, -0.2) is 16.0 Å². The highest BCUT2D eigenvalue weighted by Crippen LogP contribution is 2.40. The lowest BCUT2D eigenvalue weighted by Crippen LogP contribution is -2.29. The first-order valence-electron chi connectivity index (χ1n) is 10.4. The van der Waals surface area contributed by atoms with E-state index in [-0.39, 0.29) is 11.9 Å². The minimum Gasteiger partial charge on any atom is -0.424 e. The van der Waals surface area contributed by atoms with Gasteiger partial charge in [0, 0.05) is 22.6 Å². The van der Waals surface area contributed by atoms with Crippen molar-refractivity contribution in [3.8, 4) is 0 Å². The van der Waals surface area contributed by atoms with Crippen molar-refractivity contribution < 1.29 is 8.81 Å². The number of pyridine rings is 1. The Morgan fingerprint density at radius 1 is 1.07 bits per heavy atom. The molecule has 1 aliphatic carbocycles. The summed E-state index contributed by atoms with van der Waals surface area (Å²) in [6, 6.07) is 13.2. The molecule has 0 bridgehead atoms. The fourth-order valence-corrected chi connectivity index (χ4v) is 4.87. The number of halogens is 2. The zero-order valence-corrected chi connectivity index (χ0v) is 17.5. The summed E-state index contributed by atoms with van der Waals surface area (Å²) in [5.41, 5.74) is 3.57. The number of anilines is 1. The molecule has 6 heteroatoms. The number of aromatic nitrogens is 2. The molecular formula is C24H23ClFN3O. The molecule has 2 aromatic heterocycles. The van der Waals surface area contributed by atoms with Crippen LogP contribution in [0.5, 0.6) is 0 Å².